The highest BCUT2D eigenvalue weighted by atomic mass is 16.5. The molecule has 0 radical (unpaired) electrons. The predicted molar refractivity (Wildman–Crippen MR) is 157 cm³/mol. The summed E-state index contributed by atoms with van der Waals surface area (Å²) in [6.07, 6.45) is 13.2. The van der Waals surface area contributed by atoms with Gasteiger partial charge in [-0.05, 0) is 104 Å². The van der Waals surface area contributed by atoms with Gasteiger partial charge >= 0.3 is 5.97 Å². The molecule has 0 unspecified atom stereocenters. The number of hydrogen-bond donors (Lipinski definition) is 1. The lowest BCUT2D eigenvalue weighted by Crippen LogP contribution is -2.62. The first-order valence-electron chi connectivity index (χ1n) is 15.1. The summed E-state index contributed by atoms with van der Waals surface area (Å²) in [7, 11) is 0. The zero-order valence-corrected chi connectivity index (χ0v) is 25.0. The molecular formula is C36H44O4. The summed E-state index contributed by atoms with van der Waals surface area (Å²) in [5.41, 5.74) is 4.90. The van der Waals surface area contributed by atoms with E-state index in [4.69, 9.17) is 4.74 Å². The van der Waals surface area contributed by atoms with Crippen LogP contribution >= 0.6 is 0 Å². The van der Waals surface area contributed by atoms with Crippen LogP contribution in [0.4, 0.5) is 0 Å². The maximum Gasteiger partial charge on any atom is 0.309 e. The lowest BCUT2D eigenvalue weighted by atomic mass is 9.34. The van der Waals surface area contributed by atoms with E-state index in [1.807, 2.05) is 50.3 Å². The van der Waals surface area contributed by atoms with Gasteiger partial charge < -0.3 is 9.84 Å². The number of hydrogen-bond acceptors (Lipinski definition) is 3. The van der Waals surface area contributed by atoms with Gasteiger partial charge in [-0.1, -0.05) is 75.8 Å². The number of allylic oxidation sites excluding steroid dienone is 7. The number of carbonyl (C=O) groups excluding carboxylic acids is 1. The second-order valence-electron chi connectivity index (χ2n) is 14.7. The fourth-order valence-electron chi connectivity index (χ4n) is 9.55. The van der Waals surface area contributed by atoms with Gasteiger partial charge in [-0.15, -0.1) is 0 Å². The van der Waals surface area contributed by atoms with Crippen molar-refractivity contribution in [2.45, 2.75) is 93.1 Å². The van der Waals surface area contributed by atoms with Crippen molar-refractivity contribution < 1.29 is 19.4 Å². The third kappa shape index (κ3) is 3.63. The van der Waals surface area contributed by atoms with Crippen molar-refractivity contribution in [3.05, 3.63) is 82.2 Å². The normalized spacial score (nSPS) is 40.5. The number of benzene rings is 1. The quantitative estimate of drug-likeness (QED) is 0.417. The Morgan fingerprint density at radius 3 is 2.35 bits per heavy atom. The molecule has 3 saturated carbocycles. The summed E-state index contributed by atoms with van der Waals surface area (Å²) in [5.74, 6) is 0.122. The van der Waals surface area contributed by atoms with Crippen molar-refractivity contribution in [2.24, 2.45) is 33.0 Å². The molecule has 40 heavy (non-hydrogen) atoms. The molecule has 6 atom stereocenters. The molecule has 0 aromatic heterocycles. The average molecular weight is 541 g/mol. The summed E-state index contributed by atoms with van der Waals surface area (Å²) >= 11 is 0. The summed E-state index contributed by atoms with van der Waals surface area (Å²) < 4.78 is 6.12. The van der Waals surface area contributed by atoms with Crippen LogP contribution < -0.4 is 0 Å². The van der Waals surface area contributed by atoms with Crippen molar-refractivity contribution in [3.8, 4) is 0 Å². The topological polar surface area (TPSA) is 63.6 Å². The number of aliphatic carboxylic acids is 1. The number of rotatable bonds is 4. The number of ketones is 1. The molecule has 6 rings (SSSR count). The van der Waals surface area contributed by atoms with E-state index < -0.39 is 11.4 Å². The van der Waals surface area contributed by atoms with Crippen LogP contribution in [0.3, 0.4) is 0 Å². The van der Waals surface area contributed by atoms with E-state index in [9.17, 15) is 14.7 Å². The Balaban J connectivity index is 1.38. The van der Waals surface area contributed by atoms with Gasteiger partial charge in [0.15, 0.2) is 5.76 Å². The molecule has 4 nitrogen and oxygen atoms in total. The van der Waals surface area contributed by atoms with Crippen LogP contribution in [0.25, 0.3) is 0 Å². The molecule has 0 spiro atoms. The fourth-order valence-corrected chi connectivity index (χ4v) is 9.55. The smallest absolute Gasteiger partial charge is 0.309 e. The van der Waals surface area contributed by atoms with Crippen LogP contribution in [0.15, 0.2) is 76.6 Å². The maximum atomic E-state index is 13.5. The van der Waals surface area contributed by atoms with Gasteiger partial charge in [0.05, 0.1) is 5.41 Å². The van der Waals surface area contributed by atoms with Gasteiger partial charge in [-0.3, -0.25) is 9.59 Å². The zero-order valence-electron chi connectivity index (χ0n) is 25.0. The van der Waals surface area contributed by atoms with E-state index in [1.54, 1.807) is 0 Å². The molecule has 3 fully saturated rings. The summed E-state index contributed by atoms with van der Waals surface area (Å²) in [6, 6.07) is 9.98. The van der Waals surface area contributed by atoms with Crippen molar-refractivity contribution in [3.63, 3.8) is 0 Å². The Morgan fingerprint density at radius 2 is 1.65 bits per heavy atom. The molecule has 212 valence electrons. The van der Waals surface area contributed by atoms with E-state index in [0.717, 1.165) is 67.2 Å². The molecule has 4 heteroatoms. The highest BCUT2D eigenvalue weighted by Gasteiger charge is 2.67. The first kappa shape index (κ1) is 27.3. The van der Waals surface area contributed by atoms with E-state index >= 15 is 0 Å². The fraction of sp³-hybridized carbons (Fsp3) is 0.556. The average Bonchev–Trinajstić information content (AvgIpc) is 2.92. The van der Waals surface area contributed by atoms with Crippen molar-refractivity contribution >= 4 is 11.8 Å². The highest BCUT2D eigenvalue weighted by molar-refractivity contribution is 6.07. The van der Waals surface area contributed by atoms with Crippen LogP contribution in [-0.2, 0) is 20.9 Å². The van der Waals surface area contributed by atoms with E-state index in [1.165, 1.54) is 5.57 Å². The summed E-state index contributed by atoms with van der Waals surface area (Å²) in [6.45, 7) is 14.0. The van der Waals surface area contributed by atoms with Gasteiger partial charge in [-0.25, -0.2) is 0 Å². The Hall–Kier alpha value is -2.88. The molecule has 5 aliphatic carbocycles. The summed E-state index contributed by atoms with van der Waals surface area (Å²) in [5, 5.41) is 10.2. The lowest BCUT2D eigenvalue weighted by Gasteiger charge is -2.70. The highest BCUT2D eigenvalue weighted by Crippen LogP contribution is 2.75. The van der Waals surface area contributed by atoms with Gasteiger partial charge in [0.2, 0.25) is 5.78 Å². The van der Waals surface area contributed by atoms with Crippen LogP contribution in [0.2, 0.25) is 0 Å². The van der Waals surface area contributed by atoms with E-state index in [-0.39, 0.29) is 27.4 Å². The van der Waals surface area contributed by atoms with Crippen LogP contribution in [0.5, 0.6) is 0 Å². The van der Waals surface area contributed by atoms with Crippen LogP contribution in [0.1, 0.15) is 92.1 Å². The molecule has 1 aromatic carbocycles. The number of carboxylic acid groups (broad SMARTS) is 1. The third-order valence-electron chi connectivity index (χ3n) is 12.6. The standard InChI is InChI=1S/C36H44O4/c1-23-25-12-13-28-34(4,26(25)20-27(37)30(23)40-22-24-10-8-7-9-11-24)17-19-36(6)29-21-33(3,31(38)39)15-14-32(29,2)16-18-35(28,36)5/h7-13,20,29H,14-19,21-22H2,1-6H3,(H,38,39)/t29-,32-,33-,34+,35-,36+/m1/s1. The maximum absolute atomic E-state index is 13.5. The zero-order chi connectivity index (χ0) is 28.7. The monoisotopic (exact) mass is 540 g/mol. The van der Waals surface area contributed by atoms with Crippen molar-refractivity contribution in [1.29, 1.82) is 0 Å². The van der Waals surface area contributed by atoms with Crippen LogP contribution in [-0.4, -0.2) is 16.9 Å². The van der Waals surface area contributed by atoms with Gasteiger partial charge in [-0.2, -0.15) is 0 Å². The number of ether oxygens (including phenoxy) is 1. The molecule has 5 aliphatic rings. The molecule has 1 aromatic rings. The number of carboxylic acids is 1. The minimum Gasteiger partial charge on any atom is -0.485 e. The Morgan fingerprint density at radius 1 is 0.950 bits per heavy atom. The Kier molecular flexibility index (Phi) is 6.01. The first-order chi connectivity index (χ1) is 18.8. The second-order valence-corrected chi connectivity index (χ2v) is 14.7. The number of carbonyl (C=O) groups is 2. The van der Waals surface area contributed by atoms with Gasteiger partial charge in [0.25, 0.3) is 0 Å². The number of fused-ring (bicyclic) bond motifs is 7. The molecule has 0 saturated heterocycles. The minimum absolute atomic E-state index is 0.00188. The molecular weight excluding hydrogens is 496 g/mol. The third-order valence-corrected chi connectivity index (χ3v) is 12.6. The predicted octanol–water partition coefficient (Wildman–Crippen LogP) is 8.36. The Bertz CT molecular complexity index is 1410. The largest absolute Gasteiger partial charge is 0.485 e. The molecule has 1 N–H and O–H groups in total. The molecule has 0 heterocycles. The van der Waals surface area contributed by atoms with Crippen molar-refractivity contribution in [2.75, 3.05) is 0 Å². The lowest BCUT2D eigenvalue weighted by molar-refractivity contribution is -0.178. The first-order valence-corrected chi connectivity index (χ1v) is 15.1. The molecule has 0 amide bonds. The second kappa shape index (κ2) is 8.81. The van der Waals surface area contributed by atoms with Crippen LogP contribution in [0, 0.1) is 33.0 Å². The van der Waals surface area contributed by atoms with E-state index in [0.29, 0.717) is 18.3 Å². The van der Waals surface area contributed by atoms with Crippen molar-refractivity contribution in [1.82, 2.24) is 0 Å². The summed E-state index contributed by atoms with van der Waals surface area (Å²) in [4.78, 5) is 25.9. The molecule has 0 aliphatic heterocycles. The van der Waals surface area contributed by atoms with E-state index in [2.05, 4.69) is 39.8 Å². The minimum atomic E-state index is -0.656. The SMILES string of the molecule is CC1=C(OCc2ccccc2)C(=O)C=C2C1=CC=C1[C@@]2(C)CC[C@@]2(C)[C@@H]3C[C@](C)(C(=O)O)CC[C@]3(C)CC[C@]12C. The van der Waals surface area contributed by atoms with Gasteiger partial charge in [0.1, 0.15) is 6.61 Å². The Labute approximate surface area is 239 Å². The van der Waals surface area contributed by atoms with Gasteiger partial charge in [0, 0.05) is 11.0 Å². The molecule has 0 bridgehead atoms.